The lowest BCUT2D eigenvalue weighted by Crippen LogP contribution is -2.34. The zero-order valence-electron chi connectivity index (χ0n) is 12.5. The Morgan fingerprint density at radius 1 is 1.23 bits per heavy atom. The van der Waals surface area contributed by atoms with E-state index in [0.717, 1.165) is 16.3 Å². The minimum absolute atomic E-state index is 0.148. The van der Waals surface area contributed by atoms with Gasteiger partial charge in [0.2, 0.25) is 0 Å². The normalized spacial score (nSPS) is 10.1. The average molecular weight is 318 g/mol. The molecule has 3 N–H and O–H groups in total. The Morgan fingerprint density at radius 2 is 2.00 bits per heavy atom. The molecule has 0 aliphatic rings. The predicted molar refractivity (Wildman–Crippen MR) is 85.8 cm³/mol. The molecule has 1 heterocycles. The molecule has 0 saturated heterocycles. The van der Waals surface area contributed by atoms with E-state index < -0.39 is 0 Å². The van der Waals surface area contributed by atoms with Crippen molar-refractivity contribution in [1.29, 1.82) is 0 Å². The standard InChI is InChI=1S/C15H18N4O2S/c1-10-19-13(9-22-10)8-18-15(21)17-7-11-4-3-5-12(6-11)14(20)16-2/h3-6,9H,7-8H2,1-2H3,(H,16,20)(H2,17,18,21). The lowest BCUT2D eigenvalue weighted by molar-refractivity contribution is 0.0963. The maximum atomic E-state index is 11.7. The summed E-state index contributed by atoms with van der Waals surface area (Å²) in [5.41, 5.74) is 2.28. The molecular weight excluding hydrogens is 300 g/mol. The second-order valence-electron chi connectivity index (χ2n) is 4.67. The first-order valence-corrected chi connectivity index (χ1v) is 7.70. The van der Waals surface area contributed by atoms with E-state index in [1.54, 1.807) is 36.6 Å². The summed E-state index contributed by atoms with van der Waals surface area (Å²) < 4.78 is 0. The first-order valence-electron chi connectivity index (χ1n) is 6.82. The summed E-state index contributed by atoms with van der Waals surface area (Å²) in [6.07, 6.45) is 0. The lowest BCUT2D eigenvalue weighted by Gasteiger charge is -2.08. The molecule has 2 rings (SSSR count). The van der Waals surface area contributed by atoms with Crippen molar-refractivity contribution in [2.24, 2.45) is 0 Å². The van der Waals surface area contributed by atoms with Crippen LogP contribution in [0.2, 0.25) is 0 Å². The Balaban J connectivity index is 1.82. The Bertz CT molecular complexity index is 669. The zero-order chi connectivity index (χ0) is 15.9. The molecule has 2 aromatic rings. The van der Waals surface area contributed by atoms with Crippen LogP contribution in [0.15, 0.2) is 29.6 Å². The van der Waals surface area contributed by atoms with E-state index in [0.29, 0.717) is 18.7 Å². The van der Waals surface area contributed by atoms with Crippen LogP contribution in [0.3, 0.4) is 0 Å². The smallest absolute Gasteiger partial charge is 0.315 e. The van der Waals surface area contributed by atoms with Gasteiger partial charge in [0.15, 0.2) is 0 Å². The number of amides is 3. The van der Waals surface area contributed by atoms with Crippen LogP contribution < -0.4 is 16.0 Å². The van der Waals surface area contributed by atoms with Crippen molar-refractivity contribution in [2.75, 3.05) is 7.05 Å². The van der Waals surface area contributed by atoms with Gasteiger partial charge in [-0.25, -0.2) is 9.78 Å². The number of aromatic nitrogens is 1. The Morgan fingerprint density at radius 3 is 2.68 bits per heavy atom. The molecule has 3 amide bonds. The van der Waals surface area contributed by atoms with E-state index in [2.05, 4.69) is 20.9 Å². The Labute approximate surface area is 133 Å². The molecule has 0 unspecified atom stereocenters. The molecule has 0 aliphatic carbocycles. The van der Waals surface area contributed by atoms with Crippen molar-refractivity contribution in [1.82, 2.24) is 20.9 Å². The van der Waals surface area contributed by atoms with Gasteiger partial charge >= 0.3 is 6.03 Å². The van der Waals surface area contributed by atoms with E-state index in [1.165, 1.54) is 0 Å². The number of hydrogen-bond acceptors (Lipinski definition) is 4. The maximum absolute atomic E-state index is 11.7. The van der Waals surface area contributed by atoms with Crippen LogP contribution in [0.1, 0.15) is 26.6 Å². The first-order chi connectivity index (χ1) is 10.6. The van der Waals surface area contributed by atoms with Crippen LogP contribution in [0, 0.1) is 6.92 Å². The van der Waals surface area contributed by atoms with Gasteiger partial charge in [-0.1, -0.05) is 12.1 Å². The molecule has 22 heavy (non-hydrogen) atoms. The molecule has 0 saturated carbocycles. The number of hydrogen-bond donors (Lipinski definition) is 3. The zero-order valence-corrected chi connectivity index (χ0v) is 13.3. The fourth-order valence-corrected chi connectivity index (χ4v) is 2.48. The number of nitrogens with zero attached hydrogens (tertiary/aromatic N) is 1. The highest BCUT2D eigenvalue weighted by Gasteiger charge is 2.06. The van der Waals surface area contributed by atoms with Gasteiger partial charge in [-0.3, -0.25) is 4.79 Å². The number of urea groups is 1. The fourth-order valence-electron chi connectivity index (χ4n) is 1.87. The number of nitrogens with one attached hydrogen (secondary N) is 3. The summed E-state index contributed by atoms with van der Waals surface area (Å²) >= 11 is 1.55. The number of carbonyl (C=O) groups is 2. The predicted octanol–water partition coefficient (Wildman–Crippen LogP) is 1.81. The topological polar surface area (TPSA) is 83.1 Å². The second kappa shape index (κ2) is 7.56. The SMILES string of the molecule is CNC(=O)c1cccc(CNC(=O)NCc2csc(C)n2)c1. The minimum atomic E-state index is -0.268. The summed E-state index contributed by atoms with van der Waals surface area (Å²) in [7, 11) is 1.58. The van der Waals surface area contributed by atoms with Gasteiger partial charge < -0.3 is 16.0 Å². The third-order valence-corrected chi connectivity index (χ3v) is 3.79. The van der Waals surface area contributed by atoms with Crippen molar-refractivity contribution >= 4 is 23.3 Å². The Hall–Kier alpha value is -2.41. The fraction of sp³-hybridized carbons (Fsp3) is 0.267. The average Bonchev–Trinajstić information content (AvgIpc) is 2.96. The van der Waals surface area contributed by atoms with E-state index in [9.17, 15) is 9.59 Å². The van der Waals surface area contributed by atoms with Gasteiger partial charge in [-0.2, -0.15) is 0 Å². The van der Waals surface area contributed by atoms with Gasteiger partial charge in [0.25, 0.3) is 5.91 Å². The van der Waals surface area contributed by atoms with Gasteiger partial charge in [-0.05, 0) is 24.6 Å². The van der Waals surface area contributed by atoms with E-state index in [-0.39, 0.29) is 11.9 Å². The monoisotopic (exact) mass is 318 g/mol. The van der Waals surface area contributed by atoms with Gasteiger partial charge in [-0.15, -0.1) is 11.3 Å². The molecule has 0 atom stereocenters. The van der Waals surface area contributed by atoms with Crippen molar-refractivity contribution < 1.29 is 9.59 Å². The largest absolute Gasteiger partial charge is 0.355 e. The molecular formula is C15H18N4O2S. The van der Waals surface area contributed by atoms with E-state index in [4.69, 9.17) is 0 Å². The summed E-state index contributed by atoms with van der Waals surface area (Å²) in [6, 6.07) is 6.86. The second-order valence-corrected chi connectivity index (χ2v) is 5.74. The molecule has 6 nitrogen and oxygen atoms in total. The summed E-state index contributed by atoms with van der Waals surface area (Å²) in [4.78, 5) is 27.6. The summed E-state index contributed by atoms with van der Waals surface area (Å²) in [6.45, 7) is 2.68. The van der Waals surface area contributed by atoms with Crippen LogP contribution >= 0.6 is 11.3 Å². The molecule has 1 aromatic carbocycles. The highest BCUT2D eigenvalue weighted by atomic mass is 32.1. The molecule has 0 radical (unpaired) electrons. The highest BCUT2D eigenvalue weighted by Crippen LogP contribution is 2.07. The number of benzene rings is 1. The summed E-state index contributed by atoms with van der Waals surface area (Å²) in [5, 5.41) is 11.0. The molecule has 7 heteroatoms. The van der Waals surface area contributed by atoms with Crippen LogP contribution in [-0.2, 0) is 13.1 Å². The van der Waals surface area contributed by atoms with E-state index in [1.807, 2.05) is 18.4 Å². The van der Waals surface area contributed by atoms with Crippen molar-refractivity contribution in [3.05, 3.63) is 51.5 Å². The van der Waals surface area contributed by atoms with Crippen LogP contribution in [0.25, 0.3) is 0 Å². The molecule has 0 aliphatic heterocycles. The minimum Gasteiger partial charge on any atom is -0.355 e. The molecule has 0 fully saturated rings. The number of rotatable bonds is 5. The third-order valence-electron chi connectivity index (χ3n) is 2.97. The number of thiazole rings is 1. The van der Waals surface area contributed by atoms with Crippen LogP contribution in [0.5, 0.6) is 0 Å². The molecule has 1 aromatic heterocycles. The summed E-state index contributed by atoms with van der Waals surface area (Å²) in [5.74, 6) is -0.148. The lowest BCUT2D eigenvalue weighted by atomic mass is 10.1. The third kappa shape index (κ3) is 4.56. The van der Waals surface area contributed by atoms with Crippen molar-refractivity contribution in [2.45, 2.75) is 20.0 Å². The van der Waals surface area contributed by atoms with Gasteiger partial charge in [0.1, 0.15) is 0 Å². The molecule has 0 bridgehead atoms. The maximum Gasteiger partial charge on any atom is 0.315 e. The Kier molecular flexibility index (Phi) is 5.48. The quantitative estimate of drug-likeness (QED) is 0.786. The van der Waals surface area contributed by atoms with Crippen LogP contribution in [-0.4, -0.2) is 24.0 Å². The first kappa shape index (κ1) is 16.0. The number of aryl methyl sites for hydroxylation is 1. The van der Waals surface area contributed by atoms with Crippen LogP contribution in [0.4, 0.5) is 4.79 Å². The van der Waals surface area contributed by atoms with Crippen molar-refractivity contribution in [3.8, 4) is 0 Å². The van der Waals surface area contributed by atoms with Gasteiger partial charge in [0.05, 0.1) is 17.2 Å². The number of carbonyl (C=O) groups excluding carboxylic acids is 2. The van der Waals surface area contributed by atoms with Crippen molar-refractivity contribution in [3.63, 3.8) is 0 Å². The molecule has 116 valence electrons. The van der Waals surface area contributed by atoms with E-state index >= 15 is 0 Å². The van der Waals surface area contributed by atoms with Gasteiger partial charge in [0, 0.05) is 24.5 Å². The highest BCUT2D eigenvalue weighted by molar-refractivity contribution is 7.09. The molecule has 0 spiro atoms.